The lowest BCUT2D eigenvalue weighted by molar-refractivity contribution is 0.0968. The Kier molecular flexibility index (Phi) is 3.25. The molecule has 1 unspecified atom stereocenters. The van der Waals surface area contributed by atoms with Gasteiger partial charge in [0.15, 0.2) is 5.78 Å². The number of nitrogens with two attached hydrogens (primary N) is 1. The van der Waals surface area contributed by atoms with Crippen LogP contribution in [-0.4, -0.2) is 18.9 Å². The molecule has 2 N–H and O–H groups in total. The van der Waals surface area contributed by atoms with Gasteiger partial charge in [0.2, 0.25) is 0 Å². The molecule has 0 aliphatic heterocycles. The molecule has 0 radical (unpaired) electrons. The van der Waals surface area contributed by atoms with Crippen LogP contribution in [-0.2, 0) is 0 Å². The van der Waals surface area contributed by atoms with Crippen LogP contribution >= 0.6 is 0 Å². The van der Waals surface area contributed by atoms with Gasteiger partial charge in [-0.25, -0.2) is 0 Å². The first-order chi connectivity index (χ1) is 6.56. The van der Waals surface area contributed by atoms with Crippen LogP contribution in [0.2, 0.25) is 0 Å². The summed E-state index contributed by atoms with van der Waals surface area (Å²) in [5.41, 5.74) is 7.09. The summed E-state index contributed by atoms with van der Waals surface area (Å²) in [6.07, 6.45) is 0. The second kappa shape index (κ2) is 4.24. The Hall–Kier alpha value is -1.35. The zero-order valence-corrected chi connectivity index (χ0v) is 8.70. The average Bonchev–Trinajstić information content (AvgIpc) is 2.16. The zero-order valence-electron chi connectivity index (χ0n) is 8.70. The second-order valence-corrected chi connectivity index (χ2v) is 3.34. The number of ketones is 1. The lowest BCUT2D eigenvalue weighted by Gasteiger charge is -2.08. The van der Waals surface area contributed by atoms with Crippen molar-refractivity contribution in [3.05, 3.63) is 29.3 Å². The Morgan fingerprint density at radius 3 is 2.57 bits per heavy atom. The van der Waals surface area contributed by atoms with E-state index in [1.165, 1.54) is 0 Å². The van der Waals surface area contributed by atoms with Crippen LogP contribution in [0.25, 0.3) is 0 Å². The van der Waals surface area contributed by atoms with Gasteiger partial charge in [0.1, 0.15) is 5.75 Å². The van der Waals surface area contributed by atoms with Crippen LogP contribution in [0, 0.1) is 6.92 Å². The number of carbonyl (C=O) groups is 1. The van der Waals surface area contributed by atoms with Gasteiger partial charge >= 0.3 is 0 Å². The molecule has 76 valence electrons. The highest BCUT2D eigenvalue weighted by Gasteiger charge is 2.11. The topological polar surface area (TPSA) is 52.3 Å². The molecule has 1 aromatic rings. The van der Waals surface area contributed by atoms with Crippen molar-refractivity contribution < 1.29 is 9.53 Å². The number of methoxy groups -OCH3 is 1. The third kappa shape index (κ3) is 2.12. The summed E-state index contributed by atoms with van der Waals surface area (Å²) in [4.78, 5) is 11.5. The highest BCUT2D eigenvalue weighted by Crippen LogP contribution is 2.18. The maximum absolute atomic E-state index is 11.5. The predicted octanol–water partition coefficient (Wildman–Crippen LogP) is 1.53. The normalized spacial score (nSPS) is 12.3. The summed E-state index contributed by atoms with van der Waals surface area (Å²) in [6, 6.07) is 4.86. The van der Waals surface area contributed by atoms with Crippen molar-refractivity contribution in [3.63, 3.8) is 0 Å². The number of Topliss-reactive ketones (excluding diaryl/α,β-unsaturated/α-hetero) is 1. The number of benzene rings is 1. The van der Waals surface area contributed by atoms with Crippen LogP contribution in [0.1, 0.15) is 22.8 Å². The Morgan fingerprint density at radius 1 is 1.50 bits per heavy atom. The third-order valence-electron chi connectivity index (χ3n) is 2.09. The molecular formula is C11H15NO2. The number of hydrogen-bond acceptors (Lipinski definition) is 3. The predicted molar refractivity (Wildman–Crippen MR) is 55.7 cm³/mol. The van der Waals surface area contributed by atoms with Crippen LogP contribution in [0.3, 0.4) is 0 Å². The monoisotopic (exact) mass is 193 g/mol. The van der Waals surface area contributed by atoms with Gasteiger partial charge in [0.05, 0.1) is 13.2 Å². The number of rotatable bonds is 3. The van der Waals surface area contributed by atoms with E-state index in [9.17, 15) is 4.79 Å². The van der Waals surface area contributed by atoms with Gasteiger partial charge < -0.3 is 10.5 Å². The summed E-state index contributed by atoms with van der Waals surface area (Å²) >= 11 is 0. The first-order valence-electron chi connectivity index (χ1n) is 4.50. The van der Waals surface area contributed by atoms with Crippen LogP contribution in [0.5, 0.6) is 5.75 Å². The Balaban J connectivity index is 3.03. The van der Waals surface area contributed by atoms with Crippen molar-refractivity contribution in [3.8, 4) is 5.75 Å². The maximum atomic E-state index is 11.5. The van der Waals surface area contributed by atoms with Gasteiger partial charge in [-0.1, -0.05) is 0 Å². The van der Waals surface area contributed by atoms with Gasteiger partial charge in [0, 0.05) is 5.56 Å². The van der Waals surface area contributed by atoms with Crippen molar-refractivity contribution in [1.82, 2.24) is 0 Å². The largest absolute Gasteiger partial charge is 0.496 e. The standard InChI is InChI=1S/C11H15NO2/c1-7-6-9(11(13)8(2)12)4-5-10(7)14-3/h4-6,8H,12H2,1-3H3. The number of carbonyl (C=O) groups excluding carboxylic acids is 1. The minimum absolute atomic E-state index is 0.0456. The van der Waals surface area contributed by atoms with Crippen LogP contribution < -0.4 is 10.5 Å². The molecule has 0 spiro atoms. The average molecular weight is 193 g/mol. The highest BCUT2D eigenvalue weighted by molar-refractivity contribution is 5.99. The van der Waals surface area contributed by atoms with Crippen molar-refractivity contribution in [1.29, 1.82) is 0 Å². The van der Waals surface area contributed by atoms with Gasteiger partial charge in [-0.2, -0.15) is 0 Å². The van der Waals surface area contributed by atoms with Crippen LogP contribution in [0.15, 0.2) is 18.2 Å². The SMILES string of the molecule is COc1ccc(C(=O)C(C)N)cc1C. The smallest absolute Gasteiger partial charge is 0.179 e. The van der Waals surface area contributed by atoms with E-state index >= 15 is 0 Å². The molecule has 0 bridgehead atoms. The van der Waals surface area contributed by atoms with E-state index < -0.39 is 6.04 Å². The van der Waals surface area contributed by atoms with Gasteiger partial charge in [-0.05, 0) is 37.6 Å². The molecule has 0 saturated heterocycles. The molecule has 1 atom stereocenters. The molecule has 0 aliphatic rings. The summed E-state index contributed by atoms with van der Waals surface area (Å²) in [5, 5.41) is 0. The van der Waals surface area contributed by atoms with Gasteiger partial charge in [0.25, 0.3) is 0 Å². The molecule has 0 aliphatic carbocycles. The fourth-order valence-electron chi connectivity index (χ4n) is 1.29. The third-order valence-corrected chi connectivity index (χ3v) is 2.09. The van der Waals surface area contributed by atoms with E-state index in [2.05, 4.69) is 0 Å². The number of ether oxygens (including phenoxy) is 1. The van der Waals surface area contributed by atoms with E-state index in [4.69, 9.17) is 10.5 Å². The zero-order chi connectivity index (χ0) is 10.7. The fourth-order valence-corrected chi connectivity index (χ4v) is 1.29. The van der Waals surface area contributed by atoms with E-state index in [0.29, 0.717) is 5.56 Å². The van der Waals surface area contributed by atoms with E-state index in [0.717, 1.165) is 11.3 Å². The molecular weight excluding hydrogens is 178 g/mol. The number of aryl methyl sites for hydroxylation is 1. The molecule has 0 saturated carbocycles. The molecule has 3 heteroatoms. The lowest BCUT2D eigenvalue weighted by atomic mass is 10.0. The number of hydrogen-bond donors (Lipinski definition) is 1. The van der Waals surface area contributed by atoms with Crippen molar-refractivity contribution in [2.75, 3.05) is 7.11 Å². The van der Waals surface area contributed by atoms with Crippen molar-refractivity contribution in [2.45, 2.75) is 19.9 Å². The van der Waals surface area contributed by atoms with E-state index in [1.54, 1.807) is 32.2 Å². The summed E-state index contributed by atoms with van der Waals surface area (Å²) in [6.45, 7) is 3.58. The Morgan fingerprint density at radius 2 is 2.14 bits per heavy atom. The molecule has 0 fully saturated rings. The molecule has 14 heavy (non-hydrogen) atoms. The van der Waals surface area contributed by atoms with Crippen molar-refractivity contribution >= 4 is 5.78 Å². The quantitative estimate of drug-likeness (QED) is 0.741. The molecule has 0 heterocycles. The van der Waals surface area contributed by atoms with Gasteiger partial charge in [-0.3, -0.25) is 4.79 Å². The molecule has 3 nitrogen and oxygen atoms in total. The minimum Gasteiger partial charge on any atom is -0.496 e. The Labute approximate surface area is 83.9 Å². The molecule has 0 amide bonds. The summed E-state index contributed by atoms with van der Waals surface area (Å²) in [7, 11) is 1.61. The lowest BCUT2D eigenvalue weighted by Crippen LogP contribution is -2.26. The van der Waals surface area contributed by atoms with E-state index in [-0.39, 0.29) is 5.78 Å². The van der Waals surface area contributed by atoms with E-state index in [1.807, 2.05) is 6.92 Å². The maximum Gasteiger partial charge on any atom is 0.179 e. The van der Waals surface area contributed by atoms with Gasteiger partial charge in [-0.15, -0.1) is 0 Å². The molecule has 1 aromatic carbocycles. The minimum atomic E-state index is -0.456. The summed E-state index contributed by atoms with van der Waals surface area (Å²) < 4.78 is 5.10. The first-order valence-corrected chi connectivity index (χ1v) is 4.50. The fraction of sp³-hybridized carbons (Fsp3) is 0.364. The first kappa shape index (κ1) is 10.7. The van der Waals surface area contributed by atoms with Crippen molar-refractivity contribution in [2.24, 2.45) is 5.73 Å². The highest BCUT2D eigenvalue weighted by atomic mass is 16.5. The second-order valence-electron chi connectivity index (χ2n) is 3.34. The van der Waals surface area contributed by atoms with Crippen LogP contribution in [0.4, 0.5) is 0 Å². The molecule has 1 rings (SSSR count). The summed E-state index contributed by atoms with van der Waals surface area (Å²) in [5.74, 6) is 0.738. The molecule has 0 aromatic heterocycles. The Bertz CT molecular complexity index is 345.